The Hall–Kier alpha value is -9.76. The van der Waals surface area contributed by atoms with E-state index in [4.69, 9.17) is 0 Å². The maximum Gasteiger partial charge on any atom is 0.0701 e. The smallest absolute Gasteiger partial charge is 0.0701 e. The molecule has 374 valence electrons. The van der Waals surface area contributed by atoms with Crippen LogP contribution in [0.5, 0.6) is 0 Å². The number of benzene rings is 12. The molecule has 2 heteroatoms. The molecule has 0 aromatic heterocycles. The van der Waals surface area contributed by atoms with Crippen molar-refractivity contribution >= 4 is 34.1 Å². The van der Waals surface area contributed by atoms with Crippen LogP contribution in [0.25, 0.3) is 11.1 Å². The van der Waals surface area contributed by atoms with Crippen molar-refractivity contribution in [2.45, 2.75) is 24.7 Å². The number of anilines is 6. The summed E-state index contributed by atoms with van der Waals surface area (Å²) in [6.07, 6.45) is 0. The van der Waals surface area contributed by atoms with Gasteiger partial charge in [-0.2, -0.15) is 0 Å². The molecule has 0 unspecified atom stereocenters. The minimum atomic E-state index is -0.531. The first-order chi connectivity index (χ1) is 38.5. The average molecular weight is 1000 g/mol. The van der Waals surface area contributed by atoms with Gasteiger partial charge in [-0.3, -0.25) is 0 Å². The second kappa shape index (κ2) is 21.8. The van der Waals surface area contributed by atoms with Gasteiger partial charge in [0.25, 0.3) is 0 Å². The predicted octanol–water partition coefficient (Wildman–Crippen LogP) is 19.7. The van der Waals surface area contributed by atoms with Gasteiger partial charge in [-0.1, -0.05) is 266 Å². The van der Waals surface area contributed by atoms with Crippen LogP contribution in [0, 0.1) is 13.8 Å². The van der Waals surface area contributed by atoms with E-state index in [1.807, 2.05) is 0 Å². The van der Waals surface area contributed by atoms with E-state index >= 15 is 0 Å². The van der Waals surface area contributed by atoms with Crippen molar-refractivity contribution in [1.82, 2.24) is 0 Å². The topological polar surface area (TPSA) is 6.48 Å². The average Bonchev–Trinajstić information content (AvgIpc) is 3.61. The zero-order valence-electron chi connectivity index (χ0n) is 44.1. The zero-order valence-corrected chi connectivity index (χ0v) is 44.1. The van der Waals surface area contributed by atoms with Crippen molar-refractivity contribution in [3.8, 4) is 11.1 Å². The van der Waals surface area contributed by atoms with E-state index in [2.05, 4.69) is 351 Å². The van der Waals surface area contributed by atoms with E-state index in [9.17, 15) is 0 Å². The van der Waals surface area contributed by atoms with Gasteiger partial charge in [0, 0.05) is 34.1 Å². The van der Waals surface area contributed by atoms with Crippen molar-refractivity contribution in [3.63, 3.8) is 0 Å². The fourth-order valence-corrected chi connectivity index (χ4v) is 11.7. The van der Waals surface area contributed by atoms with Crippen LogP contribution in [-0.4, -0.2) is 0 Å². The van der Waals surface area contributed by atoms with E-state index in [1.165, 1.54) is 55.6 Å². The van der Waals surface area contributed by atoms with Crippen LogP contribution >= 0.6 is 0 Å². The molecule has 0 N–H and O–H groups in total. The lowest BCUT2D eigenvalue weighted by atomic mass is 9.65. The van der Waals surface area contributed by atoms with Gasteiger partial charge in [0.05, 0.1) is 10.8 Å². The Bertz CT molecular complexity index is 3370. The highest BCUT2D eigenvalue weighted by Crippen LogP contribution is 2.48. The molecule has 0 aliphatic carbocycles. The first-order valence-corrected chi connectivity index (χ1v) is 27.0. The van der Waals surface area contributed by atoms with Crippen molar-refractivity contribution in [3.05, 3.63) is 383 Å². The number of hydrogen-bond donors (Lipinski definition) is 0. The number of aryl methyl sites for hydroxylation is 2. The van der Waals surface area contributed by atoms with Crippen LogP contribution in [0.3, 0.4) is 0 Å². The fraction of sp³-hybridized carbons (Fsp3) is 0.0526. The van der Waals surface area contributed by atoms with Gasteiger partial charge in [0.1, 0.15) is 0 Å². The molecule has 0 aliphatic heterocycles. The lowest BCUT2D eigenvalue weighted by Gasteiger charge is -2.37. The summed E-state index contributed by atoms with van der Waals surface area (Å²) in [5.41, 5.74) is 19.9. The Morgan fingerprint density at radius 2 is 0.346 bits per heavy atom. The molecular weight excluding hydrogens is 941 g/mol. The lowest BCUT2D eigenvalue weighted by molar-refractivity contribution is 0.745. The molecule has 0 saturated heterocycles. The standard InChI is InChI=1S/C76H60N2/c1-57-33-45-69(46-34-57)77(73-53-41-67(42-54-73)75(61-21-9-3-10-22-61,62-23-11-4-12-24-62)63-25-13-5-14-26-63)71-49-37-59(38-50-71)60-39-51-72(52-40-60)78(70-47-35-58(2)36-48-70)74-55-43-68(44-56-74)76(64-27-15-6-16-28-64,65-29-17-7-18-30-65)66-31-19-8-20-32-66/h3-56H,1-2H3. The molecule has 0 radical (unpaired) electrons. The monoisotopic (exact) mass is 1000 g/mol. The molecule has 0 bridgehead atoms. The molecule has 0 fully saturated rings. The van der Waals surface area contributed by atoms with Crippen LogP contribution in [0.2, 0.25) is 0 Å². The maximum atomic E-state index is 2.36. The van der Waals surface area contributed by atoms with Crippen molar-refractivity contribution in [2.75, 3.05) is 9.80 Å². The highest BCUT2D eigenvalue weighted by atomic mass is 15.1. The highest BCUT2D eigenvalue weighted by Gasteiger charge is 2.40. The van der Waals surface area contributed by atoms with Gasteiger partial charge >= 0.3 is 0 Å². The van der Waals surface area contributed by atoms with Gasteiger partial charge < -0.3 is 9.80 Å². The van der Waals surface area contributed by atoms with Gasteiger partial charge in [0.2, 0.25) is 0 Å². The van der Waals surface area contributed by atoms with Crippen molar-refractivity contribution in [2.24, 2.45) is 0 Å². The molecule has 78 heavy (non-hydrogen) atoms. The van der Waals surface area contributed by atoms with E-state index in [-0.39, 0.29) is 0 Å². The summed E-state index contributed by atoms with van der Waals surface area (Å²) >= 11 is 0. The summed E-state index contributed by atoms with van der Waals surface area (Å²) in [6.45, 7) is 4.29. The minimum Gasteiger partial charge on any atom is -0.311 e. The first kappa shape index (κ1) is 49.1. The summed E-state index contributed by atoms with van der Waals surface area (Å²) < 4.78 is 0. The van der Waals surface area contributed by atoms with Gasteiger partial charge in [-0.05, 0) is 142 Å². The van der Waals surface area contributed by atoms with Gasteiger partial charge in [-0.15, -0.1) is 0 Å². The van der Waals surface area contributed by atoms with Crippen LogP contribution in [0.15, 0.2) is 328 Å². The second-order valence-electron chi connectivity index (χ2n) is 20.2. The fourth-order valence-electron chi connectivity index (χ4n) is 11.7. The predicted molar refractivity (Wildman–Crippen MR) is 327 cm³/mol. The summed E-state index contributed by atoms with van der Waals surface area (Å²) in [4.78, 5) is 4.72. The molecule has 0 atom stereocenters. The van der Waals surface area contributed by atoms with Gasteiger partial charge in [-0.25, -0.2) is 0 Å². The van der Waals surface area contributed by atoms with E-state index in [0.717, 1.165) is 45.3 Å². The summed E-state index contributed by atoms with van der Waals surface area (Å²) in [5, 5.41) is 0. The third kappa shape index (κ3) is 9.29. The van der Waals surface area contributed by atoms with E-state index in [1.54, 1.807) is 0 Å². The normalized spacial score (nSPS) is 11.5. The third-order valence-corrected chi connectivity index (χ3v) is 15.5. The summed E-state index contributed by atoms with van der Waals surface area (Å²) in [5.74, 6) is 0. The highest BCUT2D eigenvalue weighted by molar-refractivity contribution is 5.82. The number of rotatable bonds is 15. The zero-order chi connectivity index (χ0) is 52.7. The molecule has 12 aromatic rings. The maximum absolute atomic E-state index is 2.36. The minimum absolute atomic E-state index is 0.531. The lowest BCUT2D eigenvalue weighted by Crippen LogP contribution is -2.31. The number of hydrogen-bond acceptors (Lipinski definition) is 2. The Labute approximate surface area is 460 Å². The Kier molecular flexibility index (Phi) is 13.8. The van der Waals surface area contributed by atoms with Crippen LogP contribution in [-0.2, 0) is 10.8 Å². The second-order valence-corrected chi connectivity index (χ2v) is 20.2. The van der Waals surface area contributed by atoms with Crippen LogP contribution < -0.4 is 9.80 Å². The molecule has 2 nitrogen and oxygen atoms in total. The van der Waals surface area contributed by atoms with Crippen LogP contribution in [0.4, 0.5) is 34.1 Å². The summed E-state index contributed by atoms with van der Waals surface area (Å²) in [6, 6.07) is 120. The van der Waals surface area contributed by atoms with Gasteiger partial charge in [0.15, 0.2) is 0 Å². The molecule has 0 aliphatic rings. The van der Waals surface area contributed by atoms with Crippen LogP contribution in [0.1, 0.15) is 55.6 Å². The molecule has 0 amide bonds. The Balaban J connectivity index is 0.886. The Morgan fingerprint density at radius 3 is 0.551 bits per heavy atom. The molecule has 12 aromatic carbocycles. The molecule has 12 rings (SSSR count). The van der Waals surface area contributed by atoms with E-state index in [0.29, 0.717) is 0 Å². The third-order valence-electron chi connectivity index (χ3n) is 15.5. The quantitative estimate of drug-likeness (QED) is 0.0945. The molecule has 0 saturated carbocycles. The number of nitrogens with zero attached hydrogens (tertiary/aromatic N) is 2. The van der Waals surface area contributed by atoms with Crippen molar-refractivity contribution in [1.29, 1.82) is 0 Å². The largest absolute Gasteiger partial charge is 0.311 e. The summed E-state index contributed by atoms with van der Waals surface area (Å²) in [7, 11) is 0. The van der Waals surface area contributed by atoms with Crippen molar-refractivity contribution < 1.29 is 0 Å². The Morgan fingerprint density at radius 1 is 0.179 bits per heavy atom. The molecule has 0 heterocycles. The molecule has 0 spiro atoms. The van der Waals surface area contributed by atoms with E-state index < -0.39 is 10.8 Å². The SMILES string of the molecule is Cc1ccc(N(c2ccc(-c3ccc(N(c4ccc(C)cc4)c4ccc(C(c5ccccc5)(c5ccccc5)c5ccccc5)cc4)cc3)cc2)c2ccc(C(c3ccccc3)(c3ccccc3)c3ccccc3)cc2)cc1. The molecular formula is C76H60N2. The first-order valence-electron chi connectivity index (χ1n) is 27.0.